The van der Waals surface area contributed by atoms with E-state index in [1.165, 1.54) is 0 Å². The largest absolute Gasteiger partial charge is 0.494 e. The third kappa shape index (κ3) is 6.76. The number of carbonyl (C=O) groups excluding carboxylic acids is 2. The molecule has 0 bridgehead atoms. The van der Waals surface area contributed by atoms with Crippen LogP contribution in [0.1, 0.15) is 36.5 Å². The first-order valence-electron chi connectivity index (χ1n) is 8.65. The minimum absolute atomic E-state index is 0.0987. The second kappa shape index (κ2) is 10.5. The Bertz CT molecular complexity index is 732. The van der Waals surface area contributed by atoms with Crippen LogP contribution in [0.2, 0.25) is 5.02 Å². The number of anilines is 1. The predicted octanol–water partition coefficient (Wildman–Crippen LogP) is 4.28. The zero-order chi connectivity index (χ0) is 18.8. The molecular weight excluding hydrogens is 352 g/mol. The number of amides is 2. The molecule has 0 heterocycles. The molecule has 0 unspecified atom stereocenters. The van der Waals surface area contributed by atoms with E-state index in [9.17, 15) is 9.59 Å². The molecule has 26 heavy (non-hydrogen) atoms. The molecule has 2 aromatic carbocycles. The molecule has 0 atom stereocenters. The molecule has 0 saturated carbocycles. The molecule has 2 amide bonds. The van der Waals surface area contributed by atoms with Gasteiger partial charge in [-0.1, -0.05) is 24.6 Å². The fraction of sp³-hybridized carbons (Fsp3) is 0.300. The zero-order valence-corrected chi connectivity index (χ0v) is 15.5. The van der Waals surface area contributed by atoms with Crippen LogP contribution in [-0.4, -0.2) is 25.0 Å². The maximum Gasteiger partial charge on any atom is 0.251 e. The average Bonchev–Trinajstić information content (AvgIpc) is 2.64. The van der Waals surface area contributed by atoms with Gasteiger partial charge in [0.25, 0.3) is 5.91 Å². The van der Waals surface area contributed by atoms with E-state index in [2.05, 4.69) is 10.6 Å². The Labute approximate surface area is 158 Å². The normalized spacial score (nSPS) is 10.2. The summed E-state index contributed by atoms with van der Waals surface area (Å²) in [6, 6.07) is 14.0. The molecule has 5 nitrogen and oxygen atoms in total. The van der Waals surface area contributed by atoms with E-state index >= 15 is 0 Å². The van der Waals surface area contributed by atoms with Crippen molar-refractivity contribution in [2.75, 3.05) is 18.5 Å². The van der Waals surface area contributed by atoms with E-state index in [4.69, 9.17) is 16.3 Å². The van der Waals surface area contributed by atoms with E-state index in [-0.39, 0.29) is 11.8 Å². The molecule has 0 radical (unpaired) electrons. The maximum absolute atomic E-state index is 12.0. The molecule has 0 spiro atoms. The number of rotatable bonds is 9. The number of ether oxygens (including phenoxy) is 1. The van der Waals surface area contributed by atoms with Crippen LogP contribution in [0.25, 0.3) is 0 Å². The molecule has 0 aliphatic heterocycles. The molecule has 0 aliphatic carbocycles. The van der Waals surface area contributed by atoms with Gasteiger partial charge in [-0.2, -0.15) is 0 Å². The molecule has 2 rings (SSSR count). The molecule has 0 aliphatic rings. The Morgan fingerprint density at radius 2 is 1.88 bits per heavy atom. The van der Waals surface area contributed by atoms with Crippen molar-refractivity contribution < 1.29 is 14.3 Å². The van der Waals surface area contributed by atoms with Crippen molar-refractivity contribution in [3.63, 3.8) is 0 Å². The minimum atomic E-state index is -0.178. The van der Waals surface area contributed by atoms with Gasteiger partial charge >= 0.3 is 0 Å². The summed E-state index contributed by atoms with van der Waals surface area (Å²) in [6.07, 6.45) is 1.80. The third-order valence-electron chi connectivity index (χ3n) is 3.56. The van der Waals surface area contributed by atoms with E-state index in [0.29, 0.717) is 42.3 Å². The second-order valence-electron chi connectivity index (χ2n) is 5.79. The van der Waals surface area contributed by atoms with Gasteiger partial charge in [-0.25, -0.2) is 0 Å². The zero-order valence-electron chi connectivity index (χ0n) is 14.8. The highest BCUT2D eigenvalue weighted by Crippen LogP contribution is 2.17. The third-order valence-corrected chi connectivity index (χ3v) is 3.82. The van der Waals surface area contributed by atoms with Gasteiger partial charge in [0, 0.05) is 35.3 Å². The molecule has 0 aromatic heterocycles. The lowest BCUT2D eigenvalue weighted by Gasteiger charge is -2.09. The van der Waals surface area contributed by atoms with Gasteiger partial charge < -0.3 is 15.4 Å². The first-order chi connectivity index (χ1) is 12.6. The lowest BCUT2D eigenvalue weighted by atomic mass is 10.2. The first-order valence-corrected chi connectivity index (χ1v) is 9.02. The lowest BCUT2D eigenvalue weighted by Crippen LogP contribution is -2.25. The van der Waals surface area contributed by atoms with E-state index in [1.54, 1.807) is 30.3 Å². The van der Waals surface area contributed by atoms with E-state index in [0.717, 1.165) is 12.2 Å². The minimum Gasteiger partial charge on any atom is -0.494 e. The Morgan fingerprint density at radius 3 is 2.62 bits per heavy atom. The fourth-order valence-corrected chi connectivity index (χ4v) is 2.39. The summed E-state index contributed by atoms with van der Waals surface area (Å²) in [4.78, 5) is 24.0. The van der Waals surface area contributed by atoms with Crippen molar-refractivity contribution in [1.29, 1.82) is 0 Å². The number of nitrogens with one attached hydrogen (secondary N) is 2. The number of carbonyl (C=O) groups is 2. The van der Waals surface area contributed by atoms with Crippen molar-refractivity contribution in [2.45, 2.75) is 26.2 Å². The van der Waals surface area contributed by atoms with Crippen molar-refractivity contribution in [3.8, 4) is 5.75 Å². The Balaban J connectivity index is 1.70. The Kier molecular flexibility index (Phi) is 7.96. The summed E-state index contributed by atoms with van der Waals surface area (Å²) in [6.45, 7) is 3.11. The van der Waals surface area contributed by atoms with E-state index < -0.39 is 0 Å². The molecule has 0 saturated heterocycles. The maximum atomic E-state index is 12.0. The number of hydrogen-bond donors (Lipinski definition) is 2. The summed E-state index contributed by atoms with van der Waals surface area (Å²) in [5.41, 5.74) is 1.25. The topological polar surface area (TPSA) is 67.4 Å². The van der Waals surface area contributed by atoms with Gasteiger partial charge in [0.2, 0.25) is 5.91 Å². The van der Waals surface area contributed by atoms with Gasteiger partial charge in [-0.15, -0.1) is 0 Å². The molecule has 2 N–H and O–H groups in total. The van der Waals surface area contributed by atoms with Crippen LogP contribution in [-0.2, 0) is 4.79 Å². The highest BCUT2D eigenvalue weighted by Gasteiger charge is 2.06. The number of hydrogen-bond acceptors (Lipinski definition) is 3. The highest BCUT2D eigenvalue weighted by atomic mass is 35.5. The smallest absolute Gasteiger partial charge is 0.251 e. The van der Waals surface area contributed by atoms with Gasteiger partial charge in [0.05, 0.1) is 6.61 Å². The average molecular weight is 375 g/mol. The standard InChI is InChI=1S/C20H23ClN2O3/c1-2-13-26-18-6-3-5-17(14-18)23-19(24)7-4-12-22-20(25)15-8-10-16(21)11-9-15/h3,5-6,8-11,14H,2,4,7,12-13H2,1H3,(H,22,25)(H,23,24). The quantitative estimate of drug-likeness (QED) is 0.644. The summed E-state index contributed by atoms with van der Waals surface area (Å²) < 4.78 is 5.54. The molecule has 0 fully saturated rings. The van der Waals surface area contributed by atoms with Crippen molar-refractivity contribution >= 4 is 29.1 Å². The molecule has 138 valence electrons. The number of benzene rings is 2. The number of halogens is 1. The molecular formula is C20H23ClN2O3. The van der Waals surface area contributed by atoms with Crippen LogP contribution >= 0.6 is 11.6 Å². The van der Waals surface area contributed by atoms with Crippen molar-refractivity contribution in [1.82, 2.24) is 5.32 Å². The molecule has 2 aromatic rings. The lowest BCUT2D eigenvalue weighted by molar-refractivity contribution is -0.116. The van der Waals surface area contributed by atoms with Crippen LogP contribution in [0.4, 0.5) is 5.69 Å². The van der Waals surface area contributed by atoms with Crippen molar-refractivity contribution in [3.05, 3.63) is 59.1 Å². The highest BCUT2D eigenvalue weighted by molar-refractivity contribution is 6.30. The summed E-state index contributed by atoms with van der Waals surface area (Å²) in [7, 11) is 0. The van der Waals surface area contributed by atoms with Gasteiger partial charge in [0.1, 0.15) is 5.75 Å². The molecule has 6 heteroatoms. The SMILES string of the molecule is CCCOc1cccc(NC(=O)CCCNC(=O)c2ccc(Cl)cc2)c1. The van der Waals surface area contributed by atoms with Crippen LogP contribution in [0.3, 0.4) is 0 Å². The fourth-order valence-electron chi connectivity index (χ4n) is 2.26. The predicted molar refractivity (Wildman–Crippen MR) is 104 cm³/mol. The second-order valence-corrected chi connectivity index (χ2v) is 6.23. The Hall–Kier alpha value is -2.53. The van der Waals surface area contributed by atoms with E-state index in [1.807, 2.05) is 25.1 Å². The summed E-state index contributed by atoms with van der Waals surface area (Å²) in [5, 5.41) is 6.21. The monoisotopic (exact) mass is 374 g/mol. The summed E-state index contributed by atoms with van der Waals surface area (Å²) in [5.74, 6) is 0.459. The van der Waals surface area contributed by atoms with Gasteiger partial charge in [-0.05, 0) is 49.2 Å². The van der Waals surface area contributed by atoms with Gasteiger partial charge in [-0.3, -0.25) is 9.59 Å². The van der Waals surface area contributed by atoms with Gasteiger partial charge in [0.15, 0.2) is 0 Å². The Morgan fingerprint density at radius 1 is 1.12 bits per heavy atom. The summed E-state index contributed by atoms with van der Waals surface area (Å²) >= 11 is 5.80. The van der Waals surface area contributed by atoms with Crippen LogP contribution in [0.15, 0.2) is 48.5 Å². The first kappa shape index (κ1) is 19.8. The van der Waals surface area contributed by atoms with Crippen LogP contribution in [0.5, 0.6) is 5.75 Å². The van der Waals surface area contributed by atoms with Crippen LogP contribution in [0, 0.1) is 0 Å². The van der Waals surface area contributed by atoms with Crippen molar-refractivity contribution in [2.24, 2.45) is 0 Å². The van der Waals surface area contributed by atoms with Crippen LogP contribution < -0.4 is 15.4 Å².